The Labute approximate surface area is 118 Å². The second-order valence-electron chi connectivity index (χ2n) is 5.37. The van der Waals surface area contributed by atoms with Crippen LogP contribution in [0.25, 0.3) is 11.1 Å². The van der Waals surface area contributed by atoms with E-state index in [0.717, 1.165) is 36.1 Å². The van der Waals surface area contributed by atoms with E-state index in [0.29, 0.717) is 17.3 Å². The van der Waals surface area contributed by atoms with E-state index >= 15 is 0 Å². The molecule has 2 aromatic rings. The minimum Gasteiger partial charge on any atom is -0.383 e. The lowest BCUT2D eigenvalue weighted by Gasteiger charge is -2.24. The van der Waals surface area contributed by atoms with Crippen LogP contribution in [0.1, 0.15) is 30.2 Å². The lowest BCUT2D eigenvalue weighted by Crippen LogP contribution is -2.16. The first-order valence-electron chi connectivity index (χ1n) is 6.82. The Balaban J connectivity index is 2.30. The summed E-state index contributed by atoms with van der Waals surface area (Å²) < 4.78 is 0. The van der Waals surface area contributed by atoms with Crippen molar-refractivity contribution in [3.05, 3.63) is 41.3 Å². The average molecular weight is 264 g/mol. The molecule has 3 rings (SSSR count). The molecule has 0 aromatic carbocycles. The van der Waals surface area contributed by atoms with Crippen LogP contribution in [0.15, 0.2) is 24.5 Å². The maximum Gasteiger partial charge on any atom is 0.142 e. The van der Waals surface area contributed by atoms with Crippen LogP contribution in [0.3, 0.4) is 0 Å². The molecule has 2 heterocycles. The van der Waals surface area contributed by atoms with Gasteiger partial charge < -0.3 is 5.73 Å². The largest absolute Gasteiger partial charge is 0.383 e. The van der Waals surface area contributed by atoms with Crippen LogP contribution >= 0.6 is 0 Å². The zero-order chi connectivity index (χ0) is 14.1. The standard InChI is InChI=1S/C16H16N4/c1-10-4-5-14-12(7-10)15(11-3-2-6-19-9-11)13(8-17)16(18)20-14/h2-3,6,9-10H,4-5,7H2,1H3,(H2,18,20)/t10-/m0/s1. The topological polar surface area (TPSA) is 75.6 Å². The number of aryl methyl sites for hydroxylation is 1. The van der Waals surface area contributed by atoms with Gasteiger partial charge in [0.25, 0.3) is 0 Å². The summed E-state index contributed by atoms with van der Waals surface area (Å²) in [4.78, 5) is 8.60. The number of hydrogen-bond donors (Lipinski definition) is 1. The van der Waals surface area contributed by atoms with Crippen LogP contribution in [0.2, 0.25) is 0 Å². The summed E-state index contributed by atoms with van der Waals surface area (Å²) in [7, 11) is 0. The van der Waals surface area contributed by atoms with Crippen LogP contribution in [0, 0.1) is 17.2 Å². The Morgan fingerprint density at radius 1 is 1.45 bits per heavy atom. The van der Waals surface area contributed by atoms with Gasteiger partial charge in [-0.1, -0.05) is 13.0 Å². The van der Waals surface area contributed by atoms with Crippen molar-refractivity contribution in [1.29, 1.82) is 5.26 Å². The van der Waals surface area contributed by atoms with Gasteiger partial charge in [-0.15, -0.1) is 0 Å². The second kappa shape index (κ2) is 4.93. The molecule has 1 atom stereocenters. The normalized spacial score (nSPS) is 17.3. The molecule has 0 amide bonds. The molecule has 4 nitrogen and oxygen atoms in total. The molecule has 0 radical (unpaired) electrons. The highest BCUT2D eigenvalue weighted by Crippen LogP contribution is 2.36. The smallest absolute Gasteiger partial charge is 0.142 e. The highest BCUT2D eigenvalue weighted by molar-refractivity contribution is 5.78. The van der Waals surface area contributed by atoms with Gasteiger partial charge in [0.1, 0.15) is 17.5 Å². The minimum absolute atomic E-state index is 0.333. The van der Waals surface area contributed by atoms with Crippen molar-refractivity contribution in [3.63, 3.8) is 0 Å². The summed E-state index contributed by atoms with van der Waals surface area (Å²) in [6, 6.07) is 6.07. The van der Waals surface area contributed by atoms with Gasteiger partial charge in [-0.2, -0.15) is 5.26 Å². The zero-order valence-electron chi connectivity index (χ0n) is 11.4. The molecular weight excluding hydrogens is 248 g/mol. The van der Waals surface area contributed by atoms with E-state index in [9.17, 15) is 5.26 Å². The number of nitrogens with zero attached hydrogens (tertiary/aromatic N) is 3. The predicted molar refractivity (Wildman–Crippen MR) is 77.8 cm³/mol. The van der Waals surface area contributed by atoms with Gasteiger partial charge in [-0.25, -0.2) is 4.98 Å². The fourth-order valence-corrected chi connectivity index (χ4v) is 2.89. The van der Waals surface area contributed by atoms with Gasteiger partial charge >= 0.3 is 0 Å². The molecular formula is C16H16N4. The van der Waals surface area contributed by atoms with Crippen LogP contribution in [0.5, 0.6) is 0 Å². The fourth-order valence-electron chi connectivity index (χ4n) is 2.89. The SMILES string of the molecule is C[C@H]1CCc2nc(N)c(C#N)c(-c3cccnc3)c2C1. The Kier molecular flexibility index (Phi) is 3.11. The van der Waals surface area contributed by atoms with Gasteiger partial charge in [0.05, 0.1) is 0 Å². The third-order valence-corrected chi connectivity index (χ3v) is 3.90. The first kappa shape index (κ1) is 12.6. The Hall–Kier alpha value is -2.41. The Morgan fingerprint density at radius 3 is 3.00 bits per heavy atom. The van der Waals surface area contributed by atoms with E-state index in [1.807, 2.05) is 12.1 Å². The molecule has 2 N–H and O–H groups in total. The number of fused-ring (bicyclic) bond motifs is 1. The van der Waals surface area contributed by atoms with Crippen molar-refractivity contribution in [2.45, 2.75) is 26.2 Å². The molecule has 0 fully saturated rings. The predicted octanol–water partition coefficient (Wildman–Crippen LogP) is 2.72. The molecule has 0 saturated carbocycles. The first-order chi connectivity index (χ1) is 9.70. The first-order valence-corrected chi connectivity index (χ1v) is 6.82. The maximum atomic E-state index is 9.44. The van der Waals surface area contributed by atoms with Crippen molar-refractivity contribution < 1.29 is 0 Å². The summed E-state index contributed by atoms with van der Waals surface area (Å²) in [5.74, 6) is 0.939. The Morgan fingerprint density at radius 2 is 2.30 bits per heavy atom. The van der Waals surface area contributed by atoms with Crippen molar-refractivity contribution in [2.24, 2.45) is 5.92 Å². The summed E-state index contributed by atoms with van der Waals surface area (Å²) >= 11 is 0. The number of nitrogens with two attached hydrogens (primary N) is 1. The maximum absolute atomic E-state index is 9.44. The molecule has 1 aliphatic rings. The van der Waals surface area contributed by atoms with E-state index in [2.05, 4.69) is 23.0 Å². The van der Waals surface area contributed by atoms with Crippen molar-refractivity contribution in [2.75, 3.05) is 5.73 Å². The van der Waals surface area contributed by atoms with Crippen LogP contribution in [-0.2, 0) is 12.8 Å². The Bertz CT molecular complexity index is 686. The molecule has 100 valence electrons. The lowest BCUT2D eigenvalue weighted by atomic mass is 9.82. The molecule has 0 aliphatic heterocycles. The van der Waals surface area contributed by atoms with Gasteiger partial charge in [-0.05, 0) is 36.8 Å². The molecule has 0 bridgehead atoms. The summed E-state index contributed by atoms with van der Waals surface area (Å²) in [6.07, 6.45) is 6.52. The number of nitrogen functional groups attached to an aromatic ring is 1. The summed E-state index contributed by atoms with van der Waals surface area (Å²) in [5.41, 5.74) is 10.5. The molecule has 4 heteroatoms. The van der Waals surface area contributed by atoms with Crippen molar-refractivity contribution in [3.8, 4) is 17.2 Å². The number of rotatable bonds is 1. The highest BCUT2D eigenvalue weighted by atomic mass is 14.9. The quantitative estimate of drug-likeness (QED) is 0.859. The van der Waals surface area contributed by atoms with E-state index < -0.39 is 0 Å². The van der Waals surface area contributed by atoms with Crippen LogP contribution in [-0.4, -0.2) is 9.97 Å². The van der Waals surface area contributed by atoms with Crippen LogP contribution < -0.4 is 5.73 Å². The highest BCUT2D eigenvalue weighted by Gasteiger charge is 2.24. The number of nitriles is 1. The summed E-state index contributed by atoms with van der Waals surface area (Å²) in [5, 5.41) is 9.44. The molecule has 0 saturated heterocycles. The van der Waals surface area contributed by atoms with Crippen LogP contribution in [0.4, 0.5) is 5.82 Å². The average Bonchev–Trinajstić information content (AvgIpc) is 2.47. The van der Waals surface area contributed by atoms with E-state index in [4.69, 9.17) is 5.73 Å². The number of aromatic nitrogens is 2. The number of hydrogen-bond acceptors (Lipinski definition) is 4. The van der Waals surface area contributed by atoms with E-state index in [-0.39, 0.29) is 0 Å². The van der Waals surface area contributed by atoms with Crippen molar-refractivity contribution in [1.82, 2.24) is 9.97 Å². The van der Waals surface area contributed by atoms with E-state index in [1.165, 1.54) is 5.56 Å². The molecule has 2 aromatic heterocycles. The van der Waals surface area contributed by atoms with Gasteiger partial charge in [-0.3, -0.25) is 4.98 Å². The second-order valence-corrected chi connectivity index (χ2v) is 5.37. The summed E-state index contributed by atoms with van der Waals surface area (Å²) in [6.45, 7) is 2.23. The zero-order valence-corrected chi connectivity index (χ0v) is 11.4. The third kappa shape index (κ3) is 2.01. The van der Waals surface area contributed by atoms with Gasteiger partial charge in [0.2, 0.25) is 0 Å². The fraction of sp³-hybridized carbons (Fsp3) is 0.312. The van der Waals surface area contributed by atoms with Gasteiger partial charge in [0, 0.05) is 29.2 Å². The van der Waals surface area contributed by atoms with Crippen molar-refractivity contribution >= 4 is 5.82 Å². The number of pyridine rings is 2. The number of anilines is 1. The monoisotopic (exact) mass is 264 g/mol. The molecule has 0 unspecified atom stereocenters. The molecule has 20 heavy (non-hydrogen) atoms. The third-order valence-electron chi connectivity index (χ3n) is 3.90. The lowest BCUT2D eigenvalue weighted by molar-refractivity contribution is 0.495. The molecule has 0 spiro atoms. The molecule has 1 aliphatic carbocycles. The van der Waals surface area contributed by atoms with Gasteiger partial charge in [0.15, 0.2) is 0 Å². The minimum atomic E-state index is 0.333. The van der Waals surface area contributed by atoms with E-state index in [1.54, 1.807) is 12.4 Å².